The Balaban J connectivity index is 1.39. The molecule has 0 spiro atoms. The van der Waals surface area contributed by atoms with Crippen LogP contribution in [0.4, 0.5) is 8.78 Å². The fourth-order valence-electron chi connectivity index (χ4n) is 3.04. The molecule has 1 aromatic rings. The Labute approximate surface area is 168 Å². The first-order valence-electron chi connectivity index (χ1n) is 9.49. The van der Waals surface area contributed by atoms with E-state index in [1.807, 2.05) is 4.90 Å². The van der Waals surface area contributed by atoms with Crippen molar-refractivity contribution in [3.63, 3.8) is 0 Å². The van der Waals surface area contributed by atoms with Crippen LogP contribution in [-0.4, -0.2) is 75.3 Å². The maximum absolute atomic E-state index is 13.2. The van der Waals surface area contributed by atoms with Crippen LogP contribution in [0.3, 0.4) is 0 Å². The van der Waals surface area contributed by atoms with Gasteiger partial charge >= 0.3 is 0 Å². The maximum Gasteiger partial charge on any atom is 0.240 e. The largest absolute Gasteiger partial charge is 0.352 e. The van der Waals surface area contributed by atoms with E-state index in [9.17, 15) is 26.8 Å². The van der Waals surface area contributed by atoms with Crippen LogP contribution < -0.4 is 10.0 Å². The van der Waals surface area contributed by atoms with Crippen molar-refractivity contribution in [1.29, 1.82) is 0 Å². The molecule has 1 aliphatic carbocycles. The third kappa shape index (κ3) is 6.18. The average Bonchev–Trinajstić information content (AvgIpc) is 3.48. The van der Waals surface area contributed by atoms with Gasteiger partial charge in [-0.05, 0) is 31.0 Å². The van der Waals surface area contributed by atoms with Crippen LogP contribution >= 0.6 is 0 Å². The van der Waals surface area contributed by atoms with E-state index in [1.165, 1.54) is 0 Å². The number of carbonyl (C=O) groups excluding carboxylic acids is 2. The van der Waals surface area contributed by atoms with E-state index < -0.39 is 26.6 Å². The summed E-state index contributed by atoms with van der Waals surface area (Å²) in [5.41, 5.74) is 0. The number of halogens is 2. The summed E-state index contributed by atoms with van der Waals surface area (Å²) in [6.07, 6.45) is 2.02. The highest BCUT2D eigenvalue weighted by molar-refractivity contribution is 7.89. The van der Waals surface area contributed by atoms with Gasteiger partial charge in [-0.25, -0.2) is 21.9 Å². The topological polar surface area (TPSA) is 98.8 Å². The van der Waals surface area contributed by atoms with Crippen molar-refractivity contribution in [3.8, 4) is 0 Å². The second kappa shape index (κ2) is 9.14. The molecular formula is C18H24F2N4O4S. The molecule has 11 heteroatoms. The summed E-state index contributed by atoms with van der Waals surface area (Å²) in [6, 6.07) is 2.61. The first-order valence-corrected chi connectivity index (χ1v) is 11.0. The lowest BCUT2D eigenvalue weighted by Crippen LogP contribution is -2.51. The van der Waals surface area contributed by atoms with Crippen molar-refractivity contribution >= 4 is 21.8 Å². The van der Waals surface area contributed by atoms with Gasteiger partial charge in [0.2, 0.25) is 21.8 Å². The minimum absolute atomic E-state index is 0.00101. The Bertz CT molecular complexity index is 869. The van der Waals surface area contributed by atoms with Crippen LogP contribution in [0.2, 0.25) is 0 Å². The third-order valence-corrected chi connectivity index (χ3v) is 6.33. The standard InChI is InChI=1S/C18H24F2N4O4S/c19-15-4-3-14(11-16(15)20)29(27,28)21-6-5-18(26)24-9-7-23(8-10-24)12-17(25)22-13-1-2-13/h3-4,11,13,21H,1-2,5-10,12H2,(H,22,25). The molecule has 2 aliphatic rings. The fraction of sp³-hybridized carbons (Fsp3) is 0.556. The van der Waals surface area contributed by atoms with Crippen LogP contribution in [0.1, 0.15) is 19.3 Å². The third-order valence-electron chi connectivity index (χ3n) is 4.87. The van der Waals surface area contributed by atoms with Crippen molar-refractivity contribution in [3.05, 3.63) is 29.8 Å². The molecule has 1 aliphatic heterocycles. The Morgan fingerprint density at radius 3 is 2.38 bits per heavy atom. The lowest BCUT2D eigenvalue weighted by molar-refractivity contribution is -0.133. The summed E-state index contributed by atoms with van der Waals surface area (Å²) in [5.74, 6) is -2.60. The maximum atomic E-state index is 13.2. The van der Waals surface area contributed by atoms with Crippen LogP contribution in [0.5, 0.6) is 0 Å². The molecule has 0 bridgehead atoms. The molecule has 0 atom stereocenters. The fourth-order valence-corrected chi connectivity index (χ4v) is 4.08. The van der Waals surface area contributed by atoms with Gasteiger partial charge in [-0.3, -0.25) is 14.5 Å². The van der Waals surface area contributed by atoms with E-state index in [1.54, 1.807) is 4.90 Å². The van der Waals surface area contributed by atoms with Gasteiger partial charge in [0.1, 0.15) is 0 Å². The Kier molecular flexibility index (Phi) is 6.81. The Morgan fingerprint density at radius 2 is 1.76 bits per heavy atom. The van der Waals surface area contributed by atoms with Gasteiger partial charge in [0.15, 0.2) is 11.6 Å². The zero-order valence-corrected chi connectivity index (χ0v) is 16.7. The van der Waals surface area contributed by atoms with Crippen LogP contribution in [0.25, 0.3) is 0 Å². The molecule has 1 heterocycles. The van der Waals surface area contributed by atoms with Crippen molar-refractivity contribution in [2.45, 2.75) is 30.2 Å². The van der Waals surface area contributed by atoms with Crippen LogP contribution in [-0.2, 0) is 19.6 Å². The van der Waals surface area contributed by atoms with Crippen LogP contribution in [0, 0.1) is 11.6 Å². The predicted octanol–water partition coefficient (Wildman–Crippen LogP) is 0.0560. The second-order valence-electron chi connectivity index (χ2n) is 7.22. The zero-order chi connectivity index (χ0) is 21.0. The summed E-state index contributed by atoms with van der Waals surface area (Å²) < 4.78 is 52.6. The number of hydrogen-bond acceptors (Lipinski definition) is 5. The molecule has 1 saturated heterocycles. The zero-order valence-electron chi connectivity index (χ0n) is 15.9. The number of piperazine rings is 1. The van der Waals surface area contributed by atoms with Gasteiger partial charge in [0.25, 0.3) is 0 Å². The van der Waals surface area contributed by atoms with Gasteiger partial charge in [-0.1, -0.05) is 0 Å². The van der Waals surface area contributed by atoms with E-state index in [2.05, 4.69) is 10.0 Å². The van der Waals surface area contributed by atoms with Gasteiger partial charge in [-0.15, -0.1) is 0 Å². The number of sulfonamides is 1. The molecule has 2 fully saturated rings. The molecule has 0 aromatic heterocycles. The smallest absolute Gasteiger partial charge is 0.240 e. The number of rotatable bonds is 8. The Hall–Kier alpha value is -2.11. The van der Waals surface area contributed by atoms with E-state index in [0.717, 1.165) is 25.0 Å². The quantitative estimate of drug-likeness (QED) is 0.608. The molecule has 2 amide bonds. The van der Waals surface area contributed by atoms with Crippen molar-refractivity contribution in [2.75, 3.05) is 39.3 Å². The number of carbonyl (C=O) groups is 2. The number of benzene rings is 1. The first-order chi connectivity index (χ1) is 13.7. The average molecular weight is 430 g/mol. The highest BCUT2D eigenvalue weighted by Gasteiger charge is 2.26. The number of nitrogens with one attached hydrogen (secondary N) is 2. The predicted molar refractivity (Wildman–Crippen MR) is 100 cm³/mol. The SMILES string of the molecule is O=C(CN1CCN(C(=O)CCNS(=O)(=O)c2ccc(F)c(F)c2)CC1)NC1CC1. The highest BCUT2D eigenvalue weighted by atomic mass is 32.2. The van der Waals surface area contributed by atoms with Gasteiger partial charge in [0.05, 0.1) is 11.4 Å². The molecule has 2 N–H and O–H groups in total. The van der Waals surface area contributed by atoms with E-state index in [4.69, 9.17) is 0 Å². The Morgan fingerprint density at radius 1 is 1.07 bits per heavy atom. The van der Waals surface area contributed by atoms with Gasteiger partial charge in [-0.2, -0.15) is 0 Å². The first kappa shape index (κ1) is 21.6. The van der Waals surface area contributed by atoms with Crippen LogP contribution in [0.15, 0.2) is 23.1 Å². The van der Waals surface area contributed by atoms with Gasteiger partial charge in [0, 0.05) is 45.2 Å². The number of hydrogen-bond donors (Lipinski definition) is 2. The van der Waals surface area contributed by atoms with E-state index in [-0.39, 0.29) is 24.8 Å². The van der Waals surface area contributed by atoms with Crippen molar-refractivity contribution in [2.24, 2.45) is 0 Å². The molecule has 160 valence electrons. The lowest BCUT2D eigenvalue weighted by Gasteiger charge is -2.34. The van der Waals surface area contributed by atoms with E-state index >= 15 is 0 Å². The minimum atomic E-state index is -4.03. The van der Waals surface area contributed by atoms with E-state index in [0.29, 0.717) is 44.8 Å². The summed E-state index contributed by atoms with van der Waals surface area (Å²) in [7, 11) is -4.03. The highest BCUT2D eigenvalue weighted by Crippen LogP contribution is 2.18. The van der Waals surface area contributed by atoms with Crippen molar-refractivity contribution in [1.82, 2.24) is 19.8 Å². The minimum Gasteiger partial charge on any atom is -0.352 e. The molecular weight excluding hydrogens is 406 g/mol. The van der Waals surface area contributed by atoms with Gasteiger partial charge < -0.3 is 10.2 Å². The summed E-state index contributed by atoms with van der Waals surface area (Å²) >= 11 is 0. The van der Waals surface area contributed by atoms with Crippen molar-refractivity contribution < 1.29 is 26.8 Å². The lowest BCUT2D eigenvalue weighted by atomic mass is 10.2. The normalized spacial score (nSPS) is 17.9. The molecule has 29 heavy (non-hydrogen) atoms. The molecule has 1 aromatic carbocycles. The molecule has 3 rings (SSSR count). The number of nitrogens with zero attached hydrogens (tertiary/aromatic N) is 2. The second-order valence-corrected chi connectivity index (χ2v) is 8.99. The number of amides is 2. The summed E-state index contributed by atoms with van der Waals surface area (Å²) in [4.78, 5) is 27.3. The summed E-state index contributed by atoms with van der Waals surface area (Å²) in [5, 5.41) is 2.93. The molecule has 8 nitrogen and oxygen atoms in total. The summed E-state index contributed by atoms with van der Waals surface area (Å²) in [6.45, 7) is 2.24. The molecule has 0 radical (unpaired) electrons. The monoisotopic (exact) mass is 430 g/mol. The molecule has 1 saturated carbocycles. The molecule has 0 unspecified atom stereocenters.